The van der Waals surface area contributed by atoms with Gasteiger partial charge in [-0.15, -0.1) is 0 Å². The van der Waals surface area contributed by atoms with Gasteiger partial charge in [0.1, 0.15) is 5.54 Å². The lowest BCUT2D eigenvalue weighted by molar-refractivity contribution is -0.0428. The Labute approximate surface area is 93.9 Å². The van der Waals surface area contributed by atoms with E-state index in [0.717, 1.165) is 32.3 Å². The maximum absolute atomic E-state index is 5.29. The second-order valence-corrected chi connectivity index (χ2v) is 4.72. The largest absolute Gasteiger partial charge is 0.376 e. The number of aliphatic imine (C=N–C) groups is 1. The van der Waals surface area contributed by atoms with Gasteiger partial charge in [0.05, 0.1) is 19.8 Å². The van der Waals surface area contributed by atoms with Crippen LogP contribution < -0.4 is 10.2 Å². The number of fused-ring (bicyclic) bond motifs is 3. The average Bonchev–Trinajstić information content (AvgIpc) is 2.68. The van der Waals surface area contributed by atoms with E-state index in [-0.39, 0.29) is 5.54 Å². The molecule has 1 saturated heterocycles. The van der Waals surface area contributed by atoms with E-state index in [1.54, 1.807) is 0 Å². The van der Waals surface area contributed by atoms with Crippen molar-refractivity contribution in [2.75, 3.05) is 24.7 Å². The lowest BCUT2D eigenvalue weighted by Crippen LogP contribution is -2.52. The van der Waals surface area contributed by atoms with Crippen molar-refractivity contribution in [3.8, 4) is 0 Å². The van der Waals surface area contributed by atoms with Crippen LogP contribution in [-0.2, 0) is 11.3 Å². The molecule has 1 N–H and O–H groups in total. The topological polar surface area (TPSA) is 36.9 Å². The molecule has 82 valence electrons. The van der Waals surface area contributed by atoms with E-state index in [0.29, 0.717) is 0 Å². The predicted octanol–water partition coefficient (Wildman–Crippen LogP) is 0.735. The van der Waals surface area contributed by atoms with Gasteiger partial charge in [0.2, 0.25) is 0 Å². The summed E-state index contributed by atoms with van der Waals surface area (Å²) in [6.07, 6.45) is 0. The van der Waals surface area contributed by atoms with Crippen LogP contribution in [0.1, 0.15) is 5.56 Å². The first-order chi connectivity index (χ1) is 7.86. The first-order valence-electron chi connectivity index (χ1n) is 5.63. The molecule has 4 heteroatoms. The molecular formula is C12H13N3O. The maximum atomic E-state index is 5.29. The molecular weight excluding hydrogens is 202 g/mol. The molecule has 4 nitrogen and oxygen atoms in total. The molecule has 0 bridgehead atoms. The molecule has 0 aliphatic carbocycles. The third-order valence-corrected chi connectivity index (χ3v) is 3.51. The molecule has 1 aromatic carbocycles. The highest BCUT2D eigenvalue weighted by molar-refractivity contribution is 6.00. The number of hydrogen-bond acceptors (Lipinski definition) is 4. The number of guanidine groups is 1. The van der Waals surface area contributed by atoms with Gasteiger partial charge in [0.15, 0.2) is 5.96 Å². The number of ether oxygens (including phenoxy) is 1. The van der Waals surface area contributed by atoms with Crippen LogP contribution >= 0.6 is 0 Å². The molecule has 1 aromatic rings. The molecule has 1 fully saturated rings. The lowest BCUT2D eigenvalue weighted by atomic mass is 9.99. The average molecular weight is 215 g/mol. The minimum Gasteiger partial charge on any atom is -0.376 e. The molecule has 0 radical (unpaired) electrons. The van der Waals surface area contributed by atoms with Crippen LogP contribution in [0.15, 0.2) is 29.3 Å². The normalized spacial score (nSPS) is 24.2. The summed E-state index contributed by atoms with van der Waals surface area (Å²) in [5.41, 5.74) is 2.67. The molecule has 4 rings (SSSR count). The van der Waals surface area contributed by atoms with Crippen LogP contribution in [0.3, 0.4) is 0 Å². The van der Waals surface area contributed by atoms with Gasteiger partial charge >= 0.3 is 0 Å². The van der Waals surface area contributed by atoms with Crippen molar-refractivity contribution in [1.29, 1.82) is 0 Å². The van der Waals surface area contributed by atoms with Gasteiger partial charge < -0.3 is 15.0 Å². The van der Waals surface area contributed by atoms with E-state index in [4.69, 9.17) is 9.73 Å². The second-order valence-electron chi connectivity index (χ2n) is 4.72. The summed E-state index contributed by atoms with van der Waals surface area (Å²) >= 11 is 0. The van der Waals surface area contributed by atoms with Crippen LogP contribution in [0.25, 0.3) is 0 Å². The van der Waals surface area contributed by atoms with Gasteiger partial charge in [-0.25, -0.2) is 4.99 Å². The minimum atomic E-state index is 0.0276. The van der Waals surface area contributed by atoms with E-state index in [9.17, 15) is 0 Å². The zero-order valence-electron chi connectivity index (χ0n) is 8.94. The predicted molar refractivity (Wildman–Crippen MR) is 61.6 cm³/mol. The van der Waals surface area contributed by atoms with E-state index >= 15 is 0 Å². The molecule has 1 spiro atoms. The fraction of sp³-hybridized carbons (Fsp3) is 0.417. The van der Waals surface area contributed by atoms with Crippen molar-refractivity contribution < 1.29 is 4.74 Å². The van der Waals surface area contributed by atoms with Gasteiger partial charge in [0.25, 0.3) is 0 Å². The molecule has 0 atom stereocenters. The Morgan fingerprint density at radius 3 is 3.00 bits per heavy atom. The summed E-state index contributed by atoms with van der Waals surface area (Å²) in [5, 5.41) is 3.38. The first-order valence-corrected chi connectivity index (χ1v) is 5.63. The summed E-state index contributed by atoms with van der Waals surface area (Å²) < 4.78 is 5.29. The lowest BCUT2D eigenvalue weighted by Gasteiger charge is -2.36. The number of benzene rings is 1. The fourth-order valence-electron chi connectivity index (χ4n) is 2.62. The van der Waals surface area contributed by atoms with Crippen molar-refractivity contribution in [2.45, 2.75) is 12.1 Å². The van der Waals surface area contributed by atoms with E-state index in [2.05, 4.69) is 34.5 Å². The molecule has 0 saturated carbocycles. The SMILES string of the molecule is c1ccc2c(c1)CNC1=NC3(COC3)CN12. The Bertz CT molecular complexity index is 479. The molecule has 0 aromatic heterocycles. The van der Waals surface area contributed by atoms with Gasteiger partial charge in [-0.3, -0.25) is 0 Å². The van der Waals surface area contributed by atoms with E-state index in [1.165, 1.54) is 11.3 Å². The highest BCUT2D eigenvalue weighted by Gasteiger charge is 2.47. The molecule has 3 heterocycles. The number of para-hydroxylation sites is 1. The Kier molecular flexibility index (Phi) is 1.48. The standard InChI is InChI=1S/C12H13N3O/c1-2-4-10-9(3-1)5-13-11-14-12(6-15(10)11)7-16-8-12/h1-4H,5-8H2,(H,13,14). The van der Waals surface area contributed by atoms with Gasteiger partial charge in [-0.1, -0.05) is 18.2 Å². The van der Waals surface area contributed by atoms with E-state index in [1.807, 2.05) is 0 Å². The number of anilines is 1. The molecule has 3 aliphatic rings. The zero-order valence-corrected chi connectivity index (χ0v) is 8.94. The monoisotopic (exact) mass is 215 g/mol. The first kappa shape index (κ1) is 8.58. The number of nitrogens with zero attached hydrogens (tertiary/aromatic N) is 2. The van der Waals surface area contributed by atoms with Gasteiger partial charge in [-0.2, -0.15) is 0 Å². The fourth-order valence-corrected chi connectivity index (χ4v) is 2.62. The molecule has 0 unspecified atom stereocenters. The third kappa shape index (κ3) is 0.998. The van der Waals surface area contributed by atoms with Crippen LogP contribution in [0, 0.1) is 0 Å². The Hall–Kier alpha value is -1.55. The quantitative estimate of drug-likeness (QED) is 0.693. The Balaban J connectivity index is 1.78. The van der Waals surface area contributed by atoms with Crippen LogP contribution in [0.4, 0.5) is 5.69 Å². The third-order valence-electron chi connectivity index (χ3n) is 3.51. The summed E-state index contributed by atoms with van der Waals surface area (Å²) in [4.78, 5) is 7.03. The maximum Gasteiger partial charge on any atom is 0.199 e. The van der Waals surface area contributed by atoms with Crippen LogP contribution in [0.5, 0.6) is 0 Å². The van der Waals surface area contributed by atoms with Crippen molar-refractivity contribution in [2.24, 2.45) is 4.99 Å². The zero-order chi connectivity index (χ0) is 10.6. The van der Waals surface area contributed by atoms with Gasteiger partial charge in [0, 0.05) is 12.2 Å². The molecule has 0 amide bonds. The van der Waals surface area contributed by atoms with Crippen molar-refractivity contribution in [1.82, 2.24) is 5.32 Å². The Morgan fingerprint density at radius 1 is 1.31 bits per heavy atom. The molecule has 16 heavy (non-hydrogen) atoms. The van der Waals surface area contributed by atoms with Crippen LogP contribution in [0.2, 0.25) is 0 Å². The van der Waals surface area contributed by atoms with Crippen LogP contribution in [-0.4, -0.2) is 31.3 Å². The van der Waals surface area contributed by atoms with Gasteiger partial charge in [-0.05, 0) is 11.6 Å². The second kappa shape index (κ2) is 2.77. The smallest absolute Gasteiger partial charge is 0.199 e. The summed E-state index contributed by atoms with van der Waals surface area (Å²) in [6, 6.07) is 8.51. The number of nitrogens with one attached hydrogen (secondary N) is 1. The summed E-state index contributed by atoms with van der Waals surface area (Å²) in [6.45, 7) is 3.35. The minimum absolute atomic E-state index is 0.0276. The van der Waals surface area contributed by atoms with Crippen molar-refractivity contribution in [3.63, 3.8) is 0 Å². The van der Waals surface area contributed by atoms with Crippen molar-refractivity contribution >= 4 is 11.6 Å². The van der Waals surface area contributed by atoms with E-state index < -0.39 is 0 Å². The molecule has 3 aliphatic heterocycles. The summed E-state index contributed by atoms with van der Waals surface area (Å²) in [5.74, 6) is 1.02. The number of hydrogen-bond donors (Lipinski definition) is 1. The summed E-state index contributed by atoms with van der Waals surface area (Å²) in [7, 11) is 0. The highest BCUT2D eigenvalue weighted by atomic mass is 16.5. The Morgan fingerprint density at radius 2 is 2.19 bits per heavy atom. The number of rotatable bonds is 0. The van der Waals surface area contributed by atoms with Crippen molar-refractivity contribution in [3.05, 3.63) is 29.8 Å². The highest BCUT2D eigenvalue weighted by Crippen LogP contribution is 2.34.